The molecule has 1 N–H and O–H groups in total. The molecule has 18 heavy (non-hydrogen) atoms. The maximum absolute atomic E-state index is 12.1. The first-order valence-electron chi connectivity index (χ1n) is 5.76. The molecule has 1 aromatic carbocycles. The van der Waals surface area contributed by atoms with Crippen LogP contribution < -0.4 is 5.32 Å². The van der Waals surface area contributed by atoms with Crippen LogP contribution in [0, 0.1) is 5.92 Å². The Morgan fingerprint density at radius 3 is 2.67 bits per heavy atom. The van der Waals surface area contributed by atoms with Gasteiger partial charge in [0, 0.05) is 20.9 Å². The van der Waals surface area contributed by atoms with Gasteiger partial charge in [0.1, 0.15) is 0 Å². The first-order chi connectivity index (χ1) is 8.43. The molecule has 1 atom stereocenters. The van der Waals surface area contributed by atoms with Crippen LogP contribution in [0.3, 0.4) is 0 Å². The van der Waals surface area contributed by atoms with E-state index in [0.717, 1.165) is 16.2 Å². The quantitative estimate of drug-likeness (QED) is 0.721. The molecule has 1 unspecified atom stereocenters. The Balaban J connectivity index is 2.77. The molecule has 2 nitrogen and oxygen atoms in total. The Hall–Kier alpha value is -0.0600. The number of alkyl halides is 1. The van der Waals surface area contributed by atoms with Crippen molar-refractivity contribution >= 4 is 49.4 Å². The molecule has 0 saturated carbocycles. The lowest BCUT2D eigenvalue weighted by Crippen LogP contribution is -2.37. The van der Waals surface area contributed by atoms with Gasteiger partial charge in [0.15, 0.2) is 0 Å². The van der Waals surface area contributed by atoms with Gasteiger partial charge < -0.3 is 5.32 Å². The number of carbonyl (C=O) groups excluding carboxylic acids is 1. The fourth-order valence-corrected chi connectivity index (χ4v) is 2.69. The minimum Gasteiger partial charge on any atom is -0.348 e. The summed E-state index contributed by atoms with van der Waals surface area (Å²) >= 11 is 12.7. The minimum atomic E-state index is -0.102. The van der Waals surface area contributed by atoms with Gasteiger partial charge in [-0.1, -0.05) is 41.4 Å². The number of carbonyl (C=O) groups is 1. The first kappa shape index (κ1) is 16.0. The second-order valence-electron chi connectivity index (χ2n) is 4.58. The third-order valence-electron chi connectivity index (χ3n) is 2.45. The van der Waals surface area contributed by atoms with E-state index in [0.29, 0.717) is 16.5 Å². The number of nitrogens with one attached hydrogen (secondary N) is 1. The molecule has 0 saturated heterocycles. The van der Waals surface area contributed by atoms with Gasteiger partial charge in [0.05, 0.1) is 5.56 Å². The smallest absolute Gasteiger partial charge is 0.252 e. The predicted octanol–water partition coefficient (Wildman–Crippen LogP) is 4.64. The van der Waals surface area contributed by atoms with Crippen molar-refractivity contribution in [2.45, 2.75) is 26.3 Å². The van der Waals surface area contributed by atoms with Gasteiger partial charge in [-0.3, -0.25) is 4.79 Å². The molecule has 0 radical (unpaired) electrons. The van der Waals surface area contributed by atoms with Gasteiger partial charge >= 0.3 is 0 Å². The summed E-state index contributed by atoms with van der Waals surface area (Å²) in [6, 6.07) is 5.33. The van der Waals surface area contributed by atoms with Crippen molar-refractivity contribution in [3.63, 3.8) is 0 Å². The van der Waals surface area contributed by atoms with E-state index in [9.17, 15) is 4.79 Å². The molecule has 5 heteroatoms. The number of hydrogen-bond acceptors (Lipinski definition) is 1. The van der Waals surface area contributed by atoms with E-state index in [2.05, 4.69) is 51.0 Å². The molecule has 100 valence electrons. The lowest BCUT2D eigenvalue weighted by Gasteiger charge is -2.18. The highest BCUT2D eigenvalue weighted by Gasteiger charge is 2.16. The van der Waals surface area contributed by atoms with Crippen molar-refractivity contribution in [3.8, 4) is 0 Å². The molecule has 0 aliphatic rings. The average Bonchev–Trinajstić information content (AvgIpc) is 2.30. The number of halogens is 3. The number of hydrogen-bond donors (Lipinski definition) is 1. The van der Waals surface area contributed by atoms with Crippen LogP contribution in [0.1, 0.15) is 30.6 Å². The molecular formula is C13H16Br2ClNO. The molecule has 0 heterocycles. The first-order valence-corrected chi connectivity index (χ1v) is 8.05. The summed E-state index contributed by atoms with van der Waals surface area (Å²) in [4.78, 5) is 12.1. The van der Waals surface area contributed by atoms with Crippen LogP contribution in [-0.2, 0) is 0 Å². The summed E-state index contributed by atoms with van der Waals surface area (Å²) < 4.78 is 0.752. The van der Waals surface area contributed by atoms with E-state index in [4.69, 9.17) is 11.6 Å². The third-order valence-corrected chi connectivity index (χ3v) is 4.16. The summed E-state index contributed by atoms with van der Waals surface area (Å²) in [6.07, 6.45) is 0.940. The largest absolute Gasteiger partial charge is 0.348 e. The predicted molar refractivity (Wildman–Crippen MR) is 83.7 cm³/mol. The van der Waals surface area contributed by atoms with Crippen molar-refractivity contribution in [2.24, 2.45) is 5.92 Å². The summed E-state index contributed by atoms with van der Waals surface area (Å²) in [5.74, 6) is 0.435. The molecule has 1 rings (SSSR count). The van der Waals surface area contributed by atoms with E-state index in [-0.39, 0.29) is 11.9 Å². The zero-order chi connectivity index (χ0) is 13.7. The third kappa shape index (κ3) is 4.90. The zero-order valence-corrected chi connectivity index (χ0v) is 14.3. The highest BCUT2D eigenvalue weighted by molar-refractivity contribution is 9.10. The highest BCUT2D eigenvalue weighted by Crippen LogP contribution is 2.21. The van der Waals surface area contributed by atoms with Crippen LogP contribution >= 0.6 is 43.5 Å². The van der Waals surface area contributed by atoms with E-state index >= 15 is 0 Å². The lowest BCUT2D eigenvalue weighted by molar-refractivity contribution is 0.0936. The van der Waals surface area contributed by atoms with E-state index < -0.39 is 0 Å². The zero-order valence-electron chi connectivity index (χ0n) is 10.3. The van der Waals surface area contributed by atoms with Crippen LogP contribution in [0.4, 0.5) is 0 Å². The van der Waals surface area contributed by atoms with Crippen LogP contribution in [-0.4, -0.2) is 17.3 Å². The highest BCUT2D eigenvalue weighted by atomic mass is 79.9. The van der Waals surface area contributed by atoms with Crippen molar-refractivity contribution in [1.29, 1.82) is 0 Å². The SMILES string of the molecule is CC(C)CC(CBr)NC(=O)c1cc(Cl)ccc1Br. The molecular weight excluding hydrogens is 381 g/mol. The minimum absolute atomic E-state index is 0.102. The van der Waals surface area contributed by atoms with Gasteiger partial charge in [-0.15, -0.1) is 0 Å². The van der Waals surface area contributed by atoms with Crippen molar-refractivity contribution in [2.75, 3.05) is 5.33 Å². The Labute approximate surface area is 130 Å². The summed E-state index contributed by atoms with van der Waals surface area (Å²) in [5, 5.41) is 4.31. The van der Waals surface area contributed by atoms with E-state index in [1.165, 1.54) is 0 Å². The van der Waals surface area contributed by atoms with Gasteiger partial charge in [-0.05, 0) is 46.5 Å². The summed E-state index contributed by atoms with van der Waals surface area (Å²) in [5.41, 5.74) is 0.567. The Kier molecular flexibility index (Phi) is 6.67. The molecule has 0 fully saturated rings. The Morgan fingerprint density at radius 1 is 1.44 bits per heavy atom. The topological polar surface area (TPSA) is 29.1 Å². The molecule has 1 aromatic rings. The van der Waals surface area contributed by atoms with Crippen LogP contribution in [0.25, 0.3) is 0 Å². The van der Waals surface area contributed by atoms with E-state index in [1.807, 2.05) is 0 Å². The monoisotopic (exact) mass is 395 g/mol. The van der Waals surface area contributed by atoms with Crippen molar-refractivity contribution in [3.05, 3.63) is 33.3 Å². The maximum Gasteiger partial charge on any atom is 0.252 e. The molecule has 1 amide bonds. The fraction of sp³-hybridized carbons (Fsp3) is 0.462. The fourth-order valence-electron chi connectivity index (χ4n) is 1.66. The average molecular weight is 398 g/mol. The van der Waals surface area contributed by atoms with Gasteiger partial charge in [-0.2, -0.15) is 0 Å². The molecule has 0 aliphatic carbocycles. The van der Waals surface area contributed by atoms with Crippen LogP contribution in [0.15, 0.2) is 22.7 Å². The molecule has 0 aliphatic heterocycles. The van der Waals surface area contributed by atoms with Crippen molar-refractivity contribution in [1.82, 2.24) is 5.32 Å². The van der Waals surface area contributed by atoms with Gasteiger partial charge in [0.25, 0.3) is 5.91 Å². The second-order valence-corrected chi connectivity index (χ2v) is 6.52. The molecule has 0 bridgehead atoms. The maximum atomic E-state index is 12.1. The summed E-state index contributed by atoms with van der Waals surface area (Å²) in [7, 11) is 0. The van der Waals surface area contributed by atoms with Gasteiger partial charge in [-0.25, -0.2) is 0 Å². The van der Waals surface area contributed by atoms with E-state index in [1.54, 1.807) is 18.2 Å². The Morgan fingerprint density at radius 2 is 2.11 bits per heavy atom. The standard InChI is InChI=1S/C13H16Br2ClNO/c1-8(2)5-10(7-14)17-13(18)11-6-9(16)3-4-12(11)15/h3-4,6,8,10H,5,7H2,1-2H3,(H,17,18). The van der Waals surface area contributed by atoms with Crippen LogP contribution in [0.2, 0.25) is 5.02 Å². The molecule has 0 spiro atoms. The Bertz CT molecular complexity index is 423. The van der Waals surface area contributed by atoms with Gasteiger partial charge in [0.2, 0.25) is 0 Å². The summed E-state index contributed by atoms with van der Waals surface area (Å²) in [6.45, 7) is 4.27. The molecule has 0 aromatic heterocycles. The van der Waals surface area contributed by atoms with Crippen LogP contribution in [0.5, 0.6) is 0 Å². The normalized spacial score (nSPS) is 12.6. The van der Waals surface area contributed by atoms with Crippen molar-refractivity contribution < 1.29 is 4.79 Å². The number of amides is 1. The number of benzene rings is 1. The second kappa shape index (κ2) is 7.51. The lowest BCUT2D eigenvalue weighted by atomic mass is 10.0. The number of rotatable bonds is 5.